The average molecular weight is 388 g/mol. The van der Waals surface area contributed by atoms with E-state index in [-0.39, 0.29) is 11.1 Å². The number of allylic oxidation sites excluding steroid dienone is 1. The van der Waals surface area contributed by atoms with Gasteiger partial charge in [0.25, 0.3) is 11.1 Å². The second-order valence-electron chi connectivity index (χ2n) is 5.31. The Bertz CT molecular complexity index is 810. The van der Waals surface area contributed by atoms with Gasteiger partial charge in [0, 0.05) is 4.47 Å². The highest BCUT2D eigenvalue weighted by Crippen LogP contribution is 2.39. The minimum Gasteiger partial charge on any atom is -0.268 e. The van der Waals surface area contributed by atoms with Crippen molar-refractivity contribution < 1.29 is 9.59 Å². The van der Waals surface area contributed by atoms with Crippen LogP contribution in [0.15, 0.2) is 57.9 Å². The molecule has 1 fully saturated rings. The molecule has 2 aromatic carbocycles. The zero-order valence-corrected chi connectivity index (χ0v) is 15.1. The summed E-state index contributed by atoms with van der Waals surface area (Å²) in [7, 11) is 0. The molecule has 0 aromatic heterocycles. The molecule has 116 valence electrons. The molecule has 23 heavy (non-hydrogen) atoms. The topological polar surface area (TPSA) is 37.4 Å². The molecular formula is C18H14BrNO2S. The summed E-state index contributed by atoms with van der Waals surface area (Å²) < 4.78 is 0.974. The summed E-state index contributed by atoms with van der Waals surface area (Å²) in [4.78, 5) is 26.7. The number of anilines is 1. The summed E-state index contributed by atoms with van der Waals surface area (Å²) in [6.45, 7) is 3.84. The molecule has 0 radical (unpaired) electrons. The molecule has 1 aliphatic rings. The Labute approximate surface area is 147 Å². The van der Waals surface area contributed by atoms with Crippen molar-refractivity contribution in [2.24, 2.45) is 0 Å². The van der Waals surface area contributed by atoms with Gasteiger partial charge in [-0.15, -0.1) is 0 Å². The van der Waals surface area contributed by atoms with Gasteiger partial charge in [-0.2, -0.15) is 0 Å². The number of carbonyl (C=O) groups is 2. The Hall–Kier alpha value is -1.85. The van der Waals surface area contributed by atoms with E-state index in [1.807, 2.05) is 50.2 Å². The van der Waals surface area contributed by atoms with Gasteiger partial charge in [0.15, 0.2) is 0 Å². The Morgan fingerprint density at radius 3 is 2.22 bits per heavy atom. The third-order valence-electron chi connectivity index (χ3n) is 3.68. The summed E-state index contributed by atoms with van der Waals surface area (Å²) in [6, 6.07) is 15.1. The number of amides is 2. The molecule has 5 heteroatoms. The number of imide groups is 1. The zero-order chi connectivity index (χ0) is 16.6. The molecule has 0 unspecified atom stereocenters. The third kappa shape index (κ3) is 3.12. The molecule has 2 aromatic rings. The van der Waals surface area contributed by atoms with Crippen LogP contribution in [0.2, 0.25) is 0 Å². The second kappa shape index (κ2) is 6.34. The van der Waals surface area contributed by atoms with Crippen molar-refractivity contribution in [3.8, 4) is 0 Å². The van der Waals surface area contributed by atoms with E-state index in [0.29, 0.717) is 10.6 Å². The highest BCUT2D eigenvalue weighted by molar-refractivity contribution is 9.10. The van der Waals surface area contributed by atoms with Crippen molar-refractivity contribution in [3.05, 3.63) is 69.0 Å². The van der Waals surface area contributed by atoms with Gasteiger partial charge in [-0.05, 0) is 61.0 Å². The molecule has 0 aliphatic carbocycles. The van der Waals surface area contributed by atoms with Gasteiger partial charge in [-0.25, -0.2) is 4.90 Å². The second-order valence-corrected chi connectivity index (χ2v) is 7.18. The number of hydrogen-bond acceptors (Lipinski definition) is 3. The monoisotopic (exact) mass is 387 g/mol. The van der Waals surface area contributed by atoms with E-state index in [2.05, 4.69) is 15.9 Å². The maximum atomic E-state index is 12.7. The zero-order valence-electron chi connectivity index (χ0n) is 12.7. The Kier molecular flexibility index (Phi) is 4.41. The number of carbonyl (C=O) groups excluding carboxylic acids is 2. The predicted molar refractivity (Wildman–Crippen MR) is 98.4 cm³/mol. The van der Waals surface area contributed by atoms with Crippen molar-refractivity contribution in [2.75, 3.05) is 4.90 Å². The lowest BCUT2D eigenvalue weighted by molar-refractivity contribution is -0.113. The van der Waals surface area contributed by atoms with Crippen molar-refractivity contribution >= 4 is 50.1 Å². The van der Waals surface area contributed by atoms with Crippen molar-refractivity contribution in [1.29, 1.82) is 0 Å². The molecule has 0 spiro atoms. The number of thioether (sulfide) groups is 1. The summed E-state index contributed by atoms with van der Waals surface area (Å²) in [5.74, 6) is -0.260. The lowest BCUT2D eigenvalue weighted by Gasteiger charge is -2.12. The minimum absolute atomic E-state index is 0.259. The van der Waals surface area contributed by atoms with Crippen LogP contribution in [0.4, 0.5) is 10.5 Å². The third-order valence-corrected chi connectivity index (χ3v) is 5.25. The fourth-order valence-electron chi connectivity index (χ4n) is 2.35. The van der Waals surface area contributed by atoms with Crippen LogP contribution in [-0.4, -0.2) is 11.1 Å². The van der Waals surface area contributed by atoms with Crippen LogP contribution in [0, 0.1) is 6.92 Å². The average Bonchev–Trinajstić information content (AvgIpc) is 2.83. The molecule has 1 heterocycles. The fourth-order valence-corrected chi connectivity index (χ4v) is 3.51. The molecule has 2 amide bonds. The van der Waals surface area contributed by atoms with Crippen LogP contribution in [0.1, 0.15) is 18.1 Å². The molecule has 0 atom stereocenters. The first-order chi connectivity index (χ1) is 11.0. The van der Waals surface area contributed by atoms with Gasteiger partial charge < -0.3 is 0 Å². The van der Waals surface area contributed by atoms with E-state index in [4.69, 9.17) is 0 Å². The lowest BCUT2D eigenvalue weighted by atomic mass is 10.1. The van der Waals surface area contributed by atoms with Crippen molar-refractivity contribution in [1.82, 2.24) is 0 Å². The smallest absolute Gasteiger partial charge is 0.268 e. The van der Waals surface area contributed by atoms with Crippen LogP contribution in [-0.2, 0) is 4.79 Å². The number of halogens is 1. The highest BCUT2D eigenvalue weighted by Gasteiger charge is 2.37. The van der Waals surface area contributed by atoms with Crippen LogP contribution < -0.4 is 4.90 Å². The number of hydrogen-bond donors (Lipinski definition) is 0. The molecule has 3 rings (SSSR count). The Morgan fingerprint density at radius 2 is 1.61 bits per heavy atom. The van der Waals surface area contributed by atoms with Gasteiger partial charge in [-0.1, -0.05) is 45.8 Å². The normalized spacial score (nSPS) is 16.9. The Balaban J connectivity index is 1.98. The van der Waals surface area contributed by atoms with E-state index in [1.54, 1.807) is 12.1 Å². The van der Waals surface area contributed by atoms with Gasteiger partial charge >= 0.3 is 0 Å². The van der Waals surface area contributed by atoms with Gasteiger partial charge in [0.05, 0.1) is 10.6 Å². The predicted octanol–water partition coefficient (Wildman–Crippen LogP) is 5.39. The van der Waals surface area contributed by atoms with Crippen molar-refractivity contribution in [2.45, 2.75) is 13.8 Å². The maximum absolute atomic E-state index is 12.7. The van der Waals surface area contributed by atoms with Crippen LogP contribution in [0.25, 0.3) is 5.57 Å². The maximum Gasteiger partial charge on any atom is 0.298 e. The number of aryl methyl sites for hydroxylation is 1. The number of nitrogens with zero attached hydrogens (tertiary/aromatic N) is 1. The van der Waals surface area contributed by atoms with E-state index < -0.39 is 0 Å². The Morgan fingerprint density at radius 1 is 1.00 bits per heavy atom. The van der Waals surface area contributed by atoms with E-state index in [1.165, 1.54) is 4.90 Å². The first-order valence-electron chi connectivity index (χ1n) is 7.07. The largest absolute Gasteiger partial charge is 0.298 e. The van der Waals surface area contributed by atoms with E-state index >= 15 is 0 Å². The van der Waals surface area contributed by atoms with Crippen molar-refractivity contribution in [3.63, 3.8) is 0 Å². The van der Waals surface area contributed by atoms with Crippen LogP contribution in [0.3, 0.4) is 0 Å². The van der Waals surface area contributed by atoms with Gasteiger partial charge in [-0.3, -0.25) is 9.59 Å². The van der Waals surface area contributed by atoms with Crippen LogP contribution in [0.5, 0.6) is 0 Å². The molecule has 1 aliphatic heterocycles. The summed E-state index contributed by atoms with van der Waals surface area (Å²) in [5.41, 5.74) is 3.44. The first kappa shape index (κ1) is 16.0. The molecule has 0 saturated carbocycles. The minimum atomic E-state index is -0.260. The summed E-state index contributed by atoms with van der Waals surface area (Å²) >= 11 is 4.39. The quantitative estimate of drug-likeness (QED) is 0.648. The molecule has 0 N–H and O–H groups in total. The highest BCUT2D eigenvalue weighted by atomic mass is 79.9. The standard InChI is InChI=1S/C18H14BrNO2S/c1-11-3-9-15(10-4-11)20-17(21)16(23-18(20)22)12(2)13-5-7-14(19)8-6-13/h3-10H,1-2H3/b16-12-. The van der Waals surface area contributed by atoms with Gasteiger partial charge in [0.2, 0.25) is 0 Å². The molecule has 0 bridgehead atoms. The molecule has 1 saturated heterocycles. The summed E-state index contributed by atoms with van der Waals surface area (Å²) in [5, 5.41) is -0.259. The molecule has 3 nitrogen and oxygen atoms in total. The van der Waals surface area contributed by atoms with E-state index in [0.717, 1.165) is 32.9 Å². The lowest BCUT2D eigenvalue weighted by Crippen LogP contribution is -2.27. The molecular weight excluding hydrogens is 374 g/mol. The van der Waals surface area contributed by atoms with Crippen LogP contribution >= 0.6 is 27.7 Å². The van der Waals surface area contributed by atoms with Gasteiger partial charge in [0.1, 0.15) is 0 Å². The number of rotatable bonds is 2. The van der Waals surface area contributed by atoms with E-state index in [9.17, 15) is 9.59 Å². The fraction of sp³-hybridized carbons (Fsp3) is 0.111. The first-order valence-corrected chi connectivity index (χ1v) is 8.68. The SMILES string of the molecule is C/C(=C1/SC(=O)N(c2ccc(C)cc2)C1=O)c1ccc(Br)cc1. The number of benzene rings is 2. The summed E-state index contributed by atoms with van der Waals surface area (Å²) in [6.07, 6.45) is 0.